The average molecular weight is 592 g/mol. The van der Waals surface area contributed by atoms with Crippen LogP contribution in [0.2, 0.25) is 0 Å². The molecular formula is C28H33N9O6. The number of aliphatic carboxylic acids is 1. The zero-order valence-electron chi connectivity index (χ0n) is 23.7. The number of carbonyl (C=O) groups is 5. The van der Waals surface area contributed by atoms with E-state index in [2.05, 4.69) is 41.6 Å². The zero-order chi connectivity index (χ0) is 30.9. The highest BCUT2D eigenvalue weighted by molar-refractivity contribution is 6.06. The second-order valence-corrected chi connectivity index (χ2v) is 10.4. The Bertz CT molecular complexity index is 1450. The quantitative estimate of drug-likeness (QED) is 0.178. The van der Waals surface area contributed by atoms with Gasteiger partial charge in [0.25, 0.3) is 5.91 Å². The van der Waals surface area contributed by atoms with Crippen molar-refractivity contribution in [2.24, 2.45) is 5.92 Å². The summed E-state index contributed by atoms with van der Waals surface area (Å²) in [6.45, 7) is 3.44. The Hall–Kier alpha value is -5.21. The van der Waals surface area contributed by atoms with E-state index in [1.807, 2.05) is 6.07 Å². The molecule has 3 heterocycles. The molecule has 226 valence electrons. The molecule has 15 nitrogen and oxygen atoms in total. The molecule has 0 spiro atoms. The number of carboxylic acids is 1. The molecule has 4 amide bonds. The fourth-order valence-electron chi connectivity index (χ4n) is 4.76. The summed E-state index contributed by atoms with van der Waals surface area (Å²) >= 11 is 0. The third-order valence-electron chi connectivity index (χ3n) is 6.91. The van der Waals surface area contributed by atoms with Crippen molar-refractivity contribution in [2.45, 2.75) is 64.2 Å². The molecule has 43 heavy (non-hydrogen) atoms. The number of H-pyrrole nitrogens is 1. The van der Waals surface area contributed by atoms with Gasteiger partial charge in [0.05, 0.1) is 13.0 Å². The highest BCUT2D eigenvalue weighted by atomic mass is 16.4. The summed E-state index contributed by atoms with van der Waals surface area (Å²) in [5.41, 5.74) is 1.40. The number of aromatic amines is 1. The van der Waals surface area contributed by atoms with Gasteiger partial charge >= 0.3 is 5.97 Å². The Morgan fingerprint density at radius 1 is 1.07 bits per heavy atom. The molecule has 0 saturated heterocycles. The molecule has 0 fully saturated rings. The van der Waals surface area contributed by atoms with Crippen molar-refractivity contribution in [3.05, 3.63) is 65.6 Å². The normalized spacial score (nSPS) is 15.3. The van der Waals surface area contributed by atoms with E-state index in [0.717, 1.165) is 5.56 Å². The Kier molecular flexibility index (Phi) is 10.1. The highest BCUT2D eigenvalue weighted by Gasteiger charge is 2.42. The summed E-state index contributed by atoms with van der Waals surface area (Å²) < 4.78 is 0. The van der Waals surface area contributed by atoms with E-state index in [4.69, 9.17) is 0 Å². The van der Waals surface area contributed by atoms with Crippen LogP contribution in [-0.2, 0) is 43.4 Å². The van der Waals surface area contributed by atoms with Crippen LogP contribution in [0.4, 0.5) is 5.82 Å². The third-order valence-corrected chi connectivity index (χ3v) is 6.91. The summed E-state index contributed by atoms with van der Waals surface area (Å²) in [4.78, 5) is 70.5. The van der Waals surface area contributed by atoms with Crippen LogP contribution in [0.25, 0.3) is 0 Å². The van der Waals surface area contributed by atoms with Crippen LogP contribution in [0.1, 0.15) is 43.6 Å². The van der Waals surface area contributed by atoms with Crippen LogP contribution in [0.5, 0.6) is 0 Å². The Labute approximate surface area is 246 Å². The lowest BCUT2D eigenvalue weighted by molar-refractivity contribution is -0.138. The number of anilines is 1. The number of carboxylic acid groups (broad SMARTS) is 1. The van der Waals surface area contributed by atoms with Gasteiger partial charge in [-0.05, 0) is 29.5 Å². The summed E-state index contributed by atoms with van der Waals surface area (Å²) in [5.74, 6) is -3.31. The van der Waals surface area contributed by atoms with Crippen LogP contribution in [0.3, 0.4) is 0 Å². The molecule has 0 radical (unpaired) electrons. The fourth-order valence-corrected chi connectivity index (χ4v) is 4.76. The van der Waals surface area contributed by atoms with E-state index in [9.17, 15) is 29.1 Å². The first-order chi connectivity index (χ1) is 20.6. The van der Waals surface area contributed by atoms with Crippen molar-refractivity contribution in [3.8, 4) is 0 Å². The maximum absolute atomic E-state index is 14.0. The van der Waals surface area contributed by atoms with Gasteiger partial charge in [-0.15, -0.1) is 10.2 Å². The number of aromatic nitrogens is 5. The van der Waals surface area contributed by atoms with Crippen LogP contribution in [0, 0.1) is 5.92 Å². The lowest BCUT2D eigenvalue weighted by Crippen LogP contribution is -2.58. The molecule has 2 unspecified atom stereocenters. The molecule has 0 bridgehead atoms. The number of tetrazole rings is 1. The van der Waals surface area contributed by atoms with E-state index in [1.54, 1.807) is 50.2 Å². The lowest BCUT2D eigenvalue weighted by Gasteiger charge is -2.30. The molecule has 1 aromatic carbocycles. The highest BCUT2D eigenvalue weighted by Crippen LogP contribution is 2.31. The summed E-state index contributed by atoms with van der Waals surface area (Å²) in [6, 6.07) is 9.08. The van der Waals surface area contributed by atoms with Crippen LogP contribution in [-0.4, -0.2) is 78.4 Å². The van der Waals surface area contributed by atoms with Crippen LogP contribution < -0.4 is 20.9 Å². The molecule has 0 aliphatic carbocycles. The first-order valence-electron chi connectivity index (χ1n) is 13.8. The van der Waals surface area contributed by atoms with Gasteiger partial charge in [0, 0.05) is 19.0 Å². The molecule has 1 aliphatic rings. The minimum atomic E-state index is -1.32. The van der Waals surface area contributed by atoms with Gasteiger partial charge in [0.1, 0.15) is 23.9 Å². The van der Waals surface area contributed by atoms with Gasteiger partial charge in [-0.3, -0.25) is 28.9 Å². The number of pyridine rings is 1. The average Bonchev–Trinajstić information content (AvgIpc) is 3.65. The number of nitrogens with one attached hydrogen (secondary N) is 4. The Morgan fingerprint density at radius 2 is 1.84 bits per heavy atom. The second kappa shape index (κ2) is 14.1. The summed E-state index contributed by atoms with van der Waals surface area (Å²) in [6.07, 6.45) is 0.993. The fraction of sp³-hybridized carbons (Fsp3) is 0.393. The van der Waals surface area contributed by atoms with Gasteiger partial charge in [-0.2, -0.15) is 5.21 Å². The van der Waals surface area contributed by atoms with Crippen LogP contribution in [0.15, 0.2) is 48.7 Å². The van der Waals surface area contributed by atoms with Gasteiger partial charge < -0.3 is 21.1 Å². The predicted molar refractivity (Wildman–Crippen MR) is 151 cm³/mol. The number of hydrogen-bond donors (Lipinski definition) is 5. The number of carbonyl (C=O) groups excluding carboxylic acids is 4. The zero-order valence-corrected chi connectivity index (χ0v) is 23.7. The molecule has 3 aromatic rings. The van der Waals surface area contributed by atoms with E-state index in [0.29, 0.717) is 5.56 Å². The van der Waals surface area contributed by atoms with Gasteiger partial charge in [-0.1, -0.05) is 55.5 Å². The molecule has 15 heteroatoms. The number of amides is 4. The minimum absolute atomic E-state index is 0.0461. The second-order valence-electron chi connectivity index (χ2n) is 10.4. The molecule has 3 atom stereocenters. The maximum atomic E-state index is 14.0. The molecule has 2 aromatic heterocycles. The molecule has 1 aliphatic heterocycles. The smallest absolute Gasteiger partial charge is 0.303 e. The number of rotatable bonds is 13. The Balaban J connectivity index is 1.53. The van der Waals surface area contributed by atoms with Crippen molar-refractivity contribution in [1.82, 2.24) is 41.6 Å². The SMILES string of the molecule is CC(C)C(NC(=O)Cc1ccccc1)C(=O)NC(CCC(=O)O)C(=O)N1c2ncccc2C[C@H]1C(=O)NCc1nn[nH]n1. The summed E-state index contributed by atoms with van der Waals surface area (Å²) in [5, 5.41) is 30.7. The standard InChI is InChI=1S/C28H33N9O6/c1-16(2)24(32-22(38)13-17-7-4-3-5-8-17)27(42)31-19(10-11-23(39)40)28(43)37-20(14-18-9-6-12-29-25(18)37)26(41)30-15-21-33-35-36-34-21/h3-9,12,16,19-20,24H,10-11,13-15H2,1-2H3,(H,30,41)(H,31,42)(H,32,38)(H,39,40)(H,33,34,35,36)/t19?,20-,24?/m0/s1. The molecular weight excluding hydrogens is 558 g/mol. The first kappa shape index (κ1) is 30.7. The maximum Gasteiger partial charge on any atom is 0.303 e. The van der Waals surface area contributed by atoms with Gasteiger partial charge in [-0.25, -0.2) is 4.98 Å². The van der Waals surface area contributed by atoms with E-state index in [1.165, 1.54) is 11.1 Å². The van der Waals surface area contributed by atoms with Crippen LogP contribution >= 0.6 is 0 Å². The monoisotopic (exact) mass is 591 g/mol. The molecule has 5 N–H and O–H groups in total. The van der Waals surface area contributed by atoms with E-state index in [-0.39, 0.29) is 49.3 Å². The Morgan fingerprint density at radius 3 is 2.51 bits per heavy atom. The van der Waals surface area contributed by atoms with Crippen molar-refractivity contribution < 1.29 is 29.1 Å². The van der Waals surface area contributed by atoms with Crippen molar-refractivity contribution >= 4 is 35.4 Å². The van der Waals surface area contributed by atoms with E-state index < -0.39 is 48.2 Å². The molecule has 4 rings (SSSR count). The number of nitrogens with zero attached hydrogens (tertiary/aromatic N) is 5. The third kappa shape index (κ3) is 7.96. The number of hydrogen-bond acceptors (Lipinski definition) is 9. The van der Waals surface area contributed by atoms with Gasteiger partial charge in [0.15, 0.2) is 5.82 Å². The first-order valence-corrected chi connectivity index (χ1v) is 13.8. The van der Waals surface area contributed by atoms with Crippen molar-refractivity contribution in [2.75, 3.05) is 4.90 Å². The van der Waals surface area contributed by atoms with E-state index >= 15 is 0 Å². The number of benzene rings is 1. The van der Waals surface area contributed by atoms with Crippen molar-refractivity contribution in [3.63, 3.8) is 0 Å². The predicted octanol–water partition coefficient (Wildman–Crippen LogP) is -0.0981. The largest absolute Gasteiger partial charge is 0.481 e. The van der Waals surface area contributed by atoms with Gasteiger partial charge in [0.2, 0.25) is 17.7 Å². The number of fused-ring (bicyclic) bond motifs is 1. The topological polar surface area (TPSA) is 212 Å². The minimum Gasteiger partial charge on any atom is -0.481 e. The van der Waals surface area contributed by atoms with Crippen molar-refractivity contribution in [1.29, 1.82) is 0 Å². The molecule has 0 saturated carbocycles. The summed E-state index contributed by atoms with van der Waals surface area (Å²) in [7, 11) is 0. The lowest BCUT2D eigenvalue weighted by atomic mass is 10.0.